The lowest BCUT2D eigenvalue weighted by atomic mass is 10.0. The summed E-state index contributed by atoms with van der Waals surface area (Å²) in [7, 11) is 0. The third-order valence-corrected chi connectivity index (χ3v) is 5.29. The quantitative estimate of drug-likeness (QED) is 0.454. The summed E-state index contributed by atoms with van der Waals surface area (Å²) in [5, 5.41) is 10.6. The summed E-state index contributed by atoms with van der Waals surface area (Å²) < 4.78 is 7.54. The van der Waals surface area contributed by atoms with Crippen LogP contribution >= 0.6 is 0 Å². The van der Waals surface area contributed by atoms with Gasteiger partial charge in [-0.3, -0.25) is 9.36 Å². The molecular weight excluding hydrogens is 400 g/mol. The third kappa shape index (κ3) is 5.38. The van der Waals surface area contributed by atoms with Gasteiger partial charge in [0.25, 0.3) is 5.56 Å². The monoisotopic (exact) mass is 426 g/mol. The smallest absolute Gasteiger partial charge is 0.253 e. The van der Waals surface area contributed by atoms with Gasteiger partial charge in [0, 0.05) is 11.6 Å². The second kappa shape index (κ2) is 10.2. The summed E-state index contributed by atoms with van der Waals surface area (Å²) in [6.07, 6.45) is 0.318. The van der Waals surface area contributed by atoms with E-state index in [4.69, 9.17) is 4.74 Å². The summed E-state index contributed by atoms with van der Waals surface area (Å²) in [4.78, 5) is 16.9. The molecule has 3 aromatic carbocycles. The van der Waals surface area contributed by atoms with Crippen LogP contribution in [0.5, 0.6) is 0 Å². The highest BCUT2D eigenvalue weighted by Gasteiger charge is 2.17. The number of nitrogens with zero attached hydrogens (tertiary/aromatic N) is 2. The summed E-state index contributed by atoms with van der Waals surface area (Å²) >= 11 is 0. The maximum atomic E-state index is 12.5. The van der Waals surface area contributed by atoms with Gasteiger partial charge in [-0.25, -0.2) is 4.98 Å². The van der Waals surface area contributed by atoms with Crippen molar-refractivity contribution in [3.05, 3.63) is 124 Å². The number of aromatic nitrogens is 2. The largest absolute Gasteiger partial charge is 0.389 e. The lowest BCUT2D eigenvalue weighted by Gasteiger charge is -2.21. The molecule has 0 saturated carbocycles. The number of benzene rings is 3. The van der Waals surface area contributed by atoms with E-state index in [1.165, 1.54) is 22.5 Å². The van der Waals surface area contributed by atoms with Gasteiger partial charge in [-0.15, -0.1) is 0 Å². The molecule has 4 aromatic rings. The second-order valence-corrected chi connectivity index (χ2v) is 7.82. The Bertz CT molecular complexity index is 1190. The Balaban J connectivity index is 1.45. The van der Waals surface area contributed by atoms with Crippen LogP contribution in [0, 0.1) is 6.92 Å². The van der Waals surface area contributed by atoms with Gasteiger partial charge in [0.15, 0.2) is 0 Å². The van der Waals surface area contributed by atoms with E-state index in [2.05, 4.69) is 4.98 Å². The van der Waals surface area contributed by atoms with Crippen molar-refractivity contribution in [2.75, 3.05) is 6.61 Å². The average Bonchev–Trinajstić information content (AvgIpc) is 2.83. The predicted octanol–water partition coefficient (Wildman–Crippen LogP) is 4.39. The second-order valence-electron chi connectivity index (χ2n) is 7.82. The van der Waals surface area contributed by atoms with Crippen LogP contribution in [0.2, 0.25) is 0 Å². The normalized spacial score (nSPS) is 12.9. The lowest BCUT2D eigenvalue weighted by Crippen LogP contribution is -2.30. The van der Waals surface area contributed by atoms with E-state index in [9.17, 15) is 9.90 Å². The molecule has 0 radical (unpaired) electrons. The van der Waals surface area contributed by atoms with Crippen LogP contribution < -0.4 is 5.56 Å². The minimum atomic E-state index is -0.853. The van der Waals surface area contributed by atoms with E-state index in [0.717, 1.165) is 16.7 Å². The third-order valence-electron chi connectivity index (χ3n) is 5.29. The summed E-state index contributed by atoms with van der Waals surface area (Å²) in [5.41, 5.74) is 4.47. The minimum absolute atomic E-state index is 0.0836. The number of aliphatic hydroxyl groups is 1. The zero-order chi connectivity index (χ0) is 22.3. The molecule has 0 fully saturated rings. The highest BCUT2D eigenvalue weighted by atomic mass is 16.5. The summed E-state index contributed by atoms with van der Waals surface area (Å²) in [5.74, 6) is 0. The molecule has 162 valence electrons. The van der Waals surface area contributed by atoms with Gasteiger partial charge in [-0.05, 0) is 18.1 Å². The molecule has 1 aromatic heterocycles. The first-order valence-electron chi connectivity index (χ1n) is 10.6. The Kier molecular flexibility index (Phi) is 6.90. The fraction of sp³-hybridized carbons (Fsp3) is 0.185. The molecular formula is C27H26N2O3. The van der Waals surface area contributed by atoms with Gasteiger partial charge in [0.2, 0.25) is 0 Å². The van der Waals surface area contributed by atoms with Crippen molar-refractivity contribution in [1.82, 2.24) is 9.55 Å². The van der Waals surface area contributed by atoms with Crippen molar-refractivity contribution in [3.8, 4) is 11.3 Å². The van der Waals surface area contributed by atoms with Crippen molar-refractivity contribution in [2.24, 2.45) is 0 Å². The number of rotatable bonds is 8. The van der Waals surface area contributed by atoms with Gasteiger partial charge in [0.05, 0.1) is 31.3 Å². The molecule has 32 heavy (non-hydrogen) atoms. The SMILES string of the molecule is Cc1ccc(C(OCC(O)Cn2cnc(-c3ccccc3)cc2=O)c2ccccc2)cc1. The minimum Gasteiger partial charge on any atom is -0.389 e. The maximum absolute atomic E-state index is 12.5. The average molecular weight is 427 g/mol. The van der Waals surface area contributed by atoms with Crippen molar-refractivity contribution < 1.29 is 9.84 Å². The number of ether oxygens (including phenoxy) is 1. The lowest BCUT2D eigenvalue weighted by molar-refractivity contribution is -0.00105. The van der Waals surface area contributed by atoms with E-state index >= 15 is 0 Å². The highest BCUT2D eigenvalue weighted by molar-refractivity contribution is 5.57. The van der Waals surface area contributed by atoms with Crippen molar-refractivity contribution in [1.29, 1.82) is 0 Å². The highest BCUT2D eigenvalue weighted by Crippen LogP contribution is 2.26. The molecule has 0 saturated heterocycles. The van der Waals surface area contributed by atoms with E-state index in [1.54, 1.807) is 0 Å². The van der Waals surface area contributed by atoms with Gasteiger partial charge in [-0.2, -0.15) is 0 Å². The number of hydrogen-bond donors (Lipinski definition) is 1. The van der Waals surface area contributed by atoms with Gasteiger partial charge in [0.1, 0.15) is 6.10 Å². The summed E-state index contributed by atoms with van der Waals surface area (Å²) in [6, 6.07) is 29.1. The fourth-order valence-electron chi connectivity index (χ4n) is 3.57. The molecule has 1 heterocycles. The molecule has 5 heteroatoms. The standard InChI is InChI=1S/C27H26N2O3/c1-20-12-14-23(15-13-20)27(22-10-6-3-7-11-22)32-18-24(30)17-29-19-28-25(16-26(29)31)21-8-4-2-5-9-21/h2-16,19,24,27,30H,17-18H2,1H3. The molecule has 5 nitrogen and oxygen atoms in total. The van der Waals surface area contributed by atoms with Crippen LogP contribution in [0.15, 0.2) is 102 Å². The van der Waals surface area contributed by atoms with E-state index in [-0.39, 0.29) is 24.8 Å². The Hall–Kier alpha value is -3.54. The van der Waals surface area contributed by atoms with Crippen molar-refractivity contribution in [3.63, 3.8) is 0 Å². The first kappa shape index (κ1) is 21.7. The molecule has 0 amide bonds. The van der Waals surface area contributed by atoms with Crippen LogP contribution in [0.25, 0.3) is 11.3 Å². The number of aliphatic hydroxyl groups excluding tert-OH is 1. The molecule has 2 unspecified atom stereocenters. The Morgan fingerprint density at radius 1 is 0.906 bits per heavy atom. The van der Waals surface area contributed by atoms with Crippen LogP contribution in [-0.4, -0.2) is 27.4 Å². The molecule has 0 aliphatic carbocycles. The van der Waals surface area contributed by atoms with E-state index < -0.39 is 6.10 Å². The maximum Gasteiger partial charge on any atom is 0.253 e. The predicted molar refractivity (Wildman–Crippen MR) is 125 cm³/mol. The molecule has 0 bridgehead atoms. The van der Waals surface area contributed by atoms with Crippen LogP contribution in [0.4, 0.5) is 0 Å². The Morgan fingerprint density at radius 2 is 1.53 bits per heavy atom. The first-order valence-corrected chi connectivity index (χ1v) is 10.6. The number of hydrogen-bond acceptors (Lipinski definition) is 4. The Labute approximate surface area is 187 Å². The number of aryl methyl sites for hydroxylation is 1. The molecule has 0 aliphatic rings. The van der Waals surface area contributed by atoms with Gasteiger partial charge < -0.3 is 9.84 Å². The fourth-order valence-corrected chi connectivity index (χ4v) is 3.57. The molecule has 1 N–H and O–H groups in total. The summed E-state index contributed by atoms with van der Waals surface area (Å²) in [6.45, 7) is 2.23. The van der Waals surface area contributed by atoms with Crippen molar-refractivity contribution >= 4 is 0 Å². The zero-order valence-electron chi connectivity index (χ0n) is 18.0. The molecule has 2 atom stereocenters. The van der Waals surface area contributed by atoms with Crippen LogP contribution in [0.1, 0.15) is 22.8 Å². The van der Waals surface area contributed by atoms with E-state index in [0.29, 0.717) is 5.69 Å². The van der Waals surface area contributed by atoms with Crippen LogP contribution in [0.3, 0.4) is 0 Å². The molecule has 0 aliphatic heterocycles. The first-order chi connectivity index (χ1) is 15.6. The Morgan fingerprint density at radius 3 is 2.19 bits per heavy atom. The van der Waals surface area contributed by atoms with Gasteiger partial charge >= 0.3 is 0 Å². The van der Waals surface area contributed by atoms with Crippen LogP contribution in [-0.2, 0) is 11.3 Å². The van der Waals surface area contributed by atoms with Crippen molar-refractivity contribution in [2.45, 2.75) is 25.7 Å². The van der Waals surface area contributed by atoms with Gasteiger partial charge in [-0.1, -0.05) is 90.5 Å². The zero-order valence-corrected chi connectivity index (χ0v) is 18.0. The molecule has 0 spiro atoms. The van der Waals surface area contributed by atoms with E-state index in [1.807, 2.05) is 91.9 Å². The topological polar surface area (TPSA) is 64.3 Å². The molecule has 4 rings (SSSR count).